The van der Waals surface area contributed by atoms with Crippen molar-refractivity contribution in [3.63, 3.8) is 0 Å². The highest BCUT2D eigenvalue weighted by molar-refractivity contribution is 5.45. The summed E-state index contributed by atoms with van der Waals surface area (Å²) >= 11 is 0. The minimum atomic E-state index is 0.112. The van der Waals surface area contributed by atoms with E-state index in [2.05, 4.69) is 16.7 Å². The normalized spacial score (nSPS) is 20.7. The molecule has 1 unspecified atom stereocenters. The number of nitrogens with one attached hydrogen (secondary N) is 2. The van der Waals surface area contributed by atoms with E-state index in [1.54, 1.807) is 0 Å². The molecule has 0 spiro atoms. The first kappa shape index (κ1) is 11.4. The third-order valence-electron chi connectivity index (χ3n) is 3.10. The maximum absolute atomic E-state index is 9.04. The lowest BCUT2D eigenvalue weighted by molar-refractivity contribution is 0.282. The largest absolute Gasteiger partial charge is 0.392 e. The Hall–Kier alpha value is -1.06. The molecule has 0 aromatic heterocycles. The summed E-state index contributed by atoms with van der Waals surface area (Å²) in [5.41, 5.74) is 2.07. The van der Waals surface area contributed by atoms with Gasteiger partial charge in [0.2, 0.25) is 0 Å². The van der Waals surface area contributed by atoms with E-state index in [-0.39, 0.29) is 6.61 Å². The van der Waals surface area contributed by atoms with Crippen LogP contribution < -0.4 is 10.6 Å². The third-order valence-corrected chi connectivity index (χ3v) is 3.10. The summed E-state index contributed by atoms with van der Waals surface area (Å²) in [6, 6.07) is 7.98. The minimum Gasteiger partial charge on any atom is -0.392 e. The lowest BCUT2D eigenvalue weighted by Crippen LogP contribution is -2.33. The number of hydrogen-bond acceptors (Lipinski definition) is 3. The van der Waals surface area contributed by atoms with Gasteiger partial charge in [0.1, 0.15) is 0 Å². The summed E-state index contributed by atoms with van der Waals surface area (Å²) < 4.78 is 0. The van der Waals surface area contributed by atoms with Crippen LogP contribution in [0.3, 0.4) is 0 Å². The Morgan fingerprint density at radius 3 is 3.12 bits per heavy atom. The molecule has 2 rings (SSSR count). The Morgan fingerprint density at radius 2 is 2.38 bits per heavy atom. The molecule has 0 bridgehead atoms. The van der Waals surface area contributed by atoms with Crippen molar-refractivity contribution in [2.24, 2.45) is 5.92 Å². The number of piperidine rings is 1. The monoisotopic (exact) mass is 220 g/mol. The van der Waals surface area contributed by atoms with Crippen LogP contribution in [0.2, 0.25) is 0 Å². The first-order chi connectivity index (χ1) is 7.88. The molecule has 1 atom stereocenters. The molecule has 1 saturated heterocycles. The van der Waals surface area contributed by atoms with E-state index in [1.165, 1.54) is 12.8 Å². The second-order valence-corrected chi connectivity index (χ2v) is 4.45. The zero-order valence-corrected chi connectivity index (χ0v) is 9.58. The molecule has 16 heavy (non-hydrogen) atoms. The first-order valence-electron chi connectivity index (χ1n) is 6.03. The fraction of sp³-hybridized carbons (Fsp3) is 0.538. The molecule has 3 nitrogen and oxygen atoms in total. The molecular formula is C13H20N2O. The Labute approximate surface area is 96.9 Å². The lowest BCUT2D eigenvalue weighted by Gasteiger charge is -2.23. The van der Waals surface area contributed by atoms with Crippen molar-refractivity contribution < 1.29 is 5.11 Å². The molecular weight excluding hydrogens is 200 g/mol. The zero-order chi connectivity index (χ0) is 11.2. The number of benzene rings is 1. The van der Waals surface area contributed by atoms with E-state index in [9.17, 15) is 0 Å². The fourth-order valence-electron chi connectivity index (χ4n) is 2.14. The molecule has 3 N–H and O–H groups in total. The van der Waals surface area contributed by atoms with E-state index in [1.807, 2.05) is 18.2 Å². The SMILES string of the molecule is OCc1cccc(NCC2CCCNC2)c1. The summed E-state index contributed by atoms with van der Waals surface area (Å²) in [5.74, 6) is 0.728. The number of aliphatic hydroxyl groups is 1. The highest BCUT2D eigenvalue weighted by atomic mass is 16.3. The molecule has 0 aliphatic carbocycles. The molecule has 0 radical (unpaired) electrons. The van der Waals surface area contributed by atoms with Crippen molar-refractivity contribution in [1.29, 1.82) is 0 Å². The second-order valence-electron chi connectivity index (χ2n) is 4.45. The van der Waals surface area contributed by atoms with Crippen molar-refractivity contribution in [2.45, 2.75) is 19.4 Å². The Bertz CT molecular complexity index is 321. The Balaban J connectivity index is 1.83. The molecule has 88 valence electrons. The van der Waals surface area contributed by atoms with Gasteiger partial charge in [0.25, 0.3) is 0 Å². The van der Waals surface area contributed by atoms with Gasteiger partial charge in [-0.05, 0) is 49.5 Å². The second kappa shape index (κ2) is 5.87. The topological polar surface area (TPSA) is 44.3 Å². The summed E-state index contributed by atoms with van der Waals surface area (Å²) in [5, 5.41) is 15.9. The molecule has 3 heteroatoms. The van der Waals surface area contributed by atoms with Gasteiger partial charge in [-0.3, -0.25) is 0 Å². The lowest BCUT2D eigenvalue weighted by atomic mass is 9.99. The number of rotatable bonds is 4. The number of anilines is 1. The highest BCUT2D eigenvalue weighted by Crippen LogP contribution is 2.14. The van der Waals surface area contributed by atoms with Gasteiger partial charge in [-0.25, -0.2) is 0 Å². The highest BCUT2D eigenvalue weighted by Gasteiger charge is 2.12. The van der Waals surface area contributed by atoms with Crippen LogP contribution in [-0.2, 0) is 6.61 Å². The van der Waals surface area contributed by atoms with Crippen LogP contribution in [-0.4, -0.2) is 24.7 Å². The zero-order valence-electron chi connectivity index (χ0n) is 9.58. The van der Waals surface area contributed by atoms with Crippen LogP contribution in [0.4, 0.5) is 5.69 Å². The van der Waals surface area contributed by atoms with Crippen LogP contribution in [0.5, 0.6) is 0 Å². The molecule has 1 aliphatic rings. The smallest absolute Gasteiger partial charge is 0.0682 e. The van der Waals surface area contributed by atoms with Gasteiger partial charge in [-0.15, -0.1) is 0 Å². The van der Waals surface area contributed by atoms with Crippen LogP contribution in [0, 0.1) is 5.92 Å². The maximum Gasteiger partial charge on any atom is 0.0682 e. The number of hydrogen-bond donors (Lipinski definition) is 3. The Morgan fingerprint density at radius 1 is 1.44 bits per heavy atom. The van der Waals surface area contributed by atoms with Gasteiger partial charge < -0.3 is 15.7 Å². The molecule has 0 amide bonds. The average Bonchev–Trinajstić information content (AvgIpc) is 2.38. The average molecular weight is 220 g/mol. The molecule has 1 heterocycles. The first-order valence-corrected chi connectivity index (χ1v) is 6.03. The van der Waals surface area contributed by atoms with Crippen LogP contribution in [0.25, 0.3) is 0 Å². The van der Waals surface area contributed by atoms with Gasteiger partial charge in [0.15, 0.2) is 0 Å². The van der Waals surface area contributed by atoms with E-state index in [4.69, 9.17) is 5.11 Å². The van der Waals surface area contributed by atoms with Gasteiger partial charge in [0, 0.05) is 12.2 Å². The summed E-state index contributed by atoms with van der Waals surface area (Å²) in [7, 11) is 0. The van der Waals surface area contributed by atoms with Crippen molar-refractivity contribution in [2.75, 3.05) is 25.0 Å². The third kappa shape index (κ3) is 3.22. The van der Waals surface area contributed by atoms with Crippen molar-refractivity contribution >= 4 is 5.69 Å². The quantitative estimate of drug-likeness (QED) is 0.722. The maximum atomic E-state index is 9.04. The van der Waals surface area contributed by atoms with Crippen molar-refractivity contribution in [3.05, 3.63) is 29.8 Å². The van der Waals surface area contributed by atoms with Crippen molar-refractivity contribution in [1.82, 2.24) is 5.32 Å². The summed E-state index contributed by atoms with van der Waals surface area (Å²) in [6.45, 7) is 3.41. The molecule has 1 aromatic carbocycles. The standard InChI is InChI=1S/C13H20N2O/c16-10-11-3-1-5-13(7-11)15-9-12-4-2-6-14-8-12/h1,3,5,7,12,14-16H,2,4,6,8-10H2. The van der Waals surface area contributed by atoms with E-state index in [0.717, 1.165) is 36.8 Å². The fourth-order valence-corrected chi connectivity index (χ4v) is 2.14. The predicted octanol–water partition coefficient (Wildman–Crippen LogP) is 1.59. The summed E-state index contributed by atoms with van der Waals surface area (Å²) in [4.78, 5) is 0. The van der Waals surface area contributed by atoms with E-state index >= 15 is 0 Å². The molecule has 0 saturated carbocycles. The molecule has 1 aromatic rings. The predicted molar refractivity (Wildman–Crippen MR) is 66.4 cm³/mol. The number of aliphatic hydroxyl groups excluding tert-OH is 1. The minimum absolute atomic E-state index is 0.112. The van der Waals surface area contributed by atoms with Crippen LogP contribution in [0.1, 0.15) is 18.4 Å². The van der Waals surface area contributed by atoms with Gasteiger partial charge in [-0.1, -0.05) is 12.1 Å². The van der Waals surface area contributed by atoms with Gasteiger partial charge in [0.05, 0.1) is 6.61 Å². The summed E-state index contributed by atoms with van der Waals surface area (Å²) in [6.07, 6.45) is 2.59. The van der Waals surface area contributed by atoms with Gasteiger partial charge >= 0.3 is 0 Å². The molecule has 1 fully saturated rings. The van der Waals surface area contributed by atoms with Crippen LogP contribution in [0.15, 0.2) is 24.3 Å². The Kier molecular flexibility index (Phi) is 4.19. The van der Waals surface area contributed by atoms with E-state index < -0.39 is 0 Å². The molecule has 1 aliphatic heterocycles. The van der Waals surface area contributed by atoms with E-state index in [0.29, 0.717) is 0 Å². The van der Waals surface area contributed by atoms with Gasteiger partial charge in [-0.2, -0.15) is 0 Å². The van der Waals surface area contributed by atoms with Crippen LogP contribution >= 0.6 is 0 Å². The van der Waals surface area contributed by atoms with Crippen molar-refractivity contribution in [3.8, 4) is 0 Å².